The van der Waals surface area contributed by atoms with Crippen LogP contribution >= 0.6 is 11.8 Å². The number of hydrogen-bond donors (Lipinski definition) is 2. The van der Waals surface area contributed by atoms with Crippen LogP contribution in [0.5, 0.6) is 0 Å². The summed E-state index contributed by atoms with van der Waals surface area (Å²) >= 11 is -0.189. The van der Waals surface area contributed by atoms with Gasteiger partial charge in [-0.05, 0) is 61.1 Å². The number of nitrogens with one attached hydrogen (secondary N) is 1. The molecule has 3 rings (SSSR count). The molecule has 2 saturated carbocycles. The molecular weight excluding hydrogens is 313 g/mol. The average Bonchev–Trinajstić information content (AvgIpc) is 2.97. The van der Waals surface area contributed by atoms with Gasteiger partial charge in [0.25, 0.3) is 0 Å². The molecule has 4 atom stereocenters. The summed E-state index contributed by atoms with van der Waals surface area (Å²) in [6, 6.07) is 5.68. The third kappa shape index (κ3) is 3.25. The molecule has 1 amide bonds. The molecule has 0 radical (unpaired) electrons. The molecule has 7 heteroatoms. The van der Waals surface area contributed by atoms with Crippen molar-refractivity contribution in [3.63, 3.8) is 0 Å². The maximum absolute atomic E-state index is 12.4. The maximum atomic E-state index is 12.4. The zero-order valence-electron chi connectivity index (χ0n) is 11.8. The second-order valence-electron chi connectivity index (χ2n) is 6.00. The Morgan fingerprint density at radius 3 is 2.64 bits per heavy atom. The van der Waals surface area contributed by atoms with E-state index in [4.69, 9.17) is 5.73 Å². The van der Waals surface area contributed by atoms with Gasteiger partial charge in [-0.15, -0.1) is 0 Å². The Hall–Kier alpha value is -1.21. The Kier molecular flexibility index (Phi) is 4.11. The van der Waals surface area contributed by atoms with Crippen LogP contribution in [-0.4, -0.2) is 17.5 Å². The van der Waals surface area contributed by atoms with Crippen LogP contribution in [0.25, 0.3) is 0 Å². The first kappa shape index (κ1) is 15.7. The number of halogens is 3. The number of hydrogen-bond acceptors (Lipinski definition) is 3. The van der Waals surface area contributed by atoms with E-state index in [1.165, 1.54) is 18.2 Å². The molecule has 0 saturated heterocycles. The predicted octanol–water partition coefficient (Wildman–Crippen LogP) is 3.61. The molecule has 0 aromatic heterocycles. The van der Waals surface area contributed by atoms with E-state index in [9.17, 15) is 18.0 Å². The highest BCUT2D eigenvalue weighted by Gasteiger charge is 2.49. The first-order valence-corrected chi connectivity index (χ1v) is 8.07. The Balaban J connectivity index is 1.68. The Morgan fingerprint density at radius 1 is 1.27 bits per heavy atom. The van der Waals surface area contributed by atoms with Crippen molar-refractivity contribution in [1.29, 1.82) is 0 Å². The van der Waals surface area contributed by atoms with Crippen molar-refractivity contribution in [2.75, 3.05) is 5.32 Å². The number of carbonyl (C=O) groups is 1. The van der Waals surface area contributed by atoms with Crippen molar-refractivity contribution in [2.24, 2.45) is 23.5 Å². The molecule has 0 heterocycles. The van der Waals surface area contributed by atoms with E-state index < -0.39 is 5.51 Å². The lowest BCUT2D eigenvalue weighted by molar-refractivity contribution is -0.121. The zero-order valence-corrected chi connectivity index (χ0v) is 12.6. The van der Waals surface area contributed by atoms with Crippen molar-refractivity contribution in [2.45, 2.75) is 35.7 Å². The molecule has 3 nitrogen and oxygen atoms in total. The molecule has 1 aromatic rings. The standard InChI is InChI=1S/C15H17F3N2OS/c16-15(17,18)22-11-3-1-2-10(7-11)20-14(21)12-8-4-5-9(6-8)13(12)19/h1-3,7-9,12-13H,4-6,19H2,(H,20,21). The van der Waals surface area contributed by atoms with E-state index in [2.05, 4.69) is 5.32 Å². The van der Waals surface area contributed by atoms with Gasteiger partial charge in [-0.1, -0.05) is 6.07 Å². The number of rotatable bonds is 3. The van der Waals surface area contributed by atoms with Crippen LogP contribution in [0.4, 0.5) is 18.9 Å². The molecular formula is C15H17F3N2OS. The van der Waals surface area contributed by atoms with Gasteiger partial charge in [0, 0.05) is 16.6 Å². The average molecular weight is 330 g/mol. The lowest BCUT2D eigenvalue weighted by Crippen LogP contribution is -2.42. The molecule has 1 aromatic carbocycles. The highest BCUT2D eigenvalue weighted by molar-refractivity contribution is 8.00. The maximum Gasteiger partial charge on any atom is 0.446 e. The van der Waals surface area contributed by atoms with Crippen molar-refractivity contribution in [1.82, 2.24) is 0 Å². The highest BCUT2D eigenvalue weighted by atomic mass is 32.2. The van der Waals surface area contributed by atoms with E-state index in [1.807, 2.05) is 0 Å². The molecule has 2 aliphatic rings. The minimum Gasteiger partial charge on any atom is -0.327 e. The van der Waals surface area contributed by atoms with E-state index in [0.717, 1.165) is 19.3 Å². The first-order valence-electron chi connectivity index (χ1n) is 7.26. The molecule has 3 N–H and O–H groups in total. The van der Waals surface area contributed by atoms with E-state index in [0.29, 0.717) is 17.5 Å². The van der Waals surface area contributed by atoms with Crippen molar-refractivity contribution >= 4 is 23.4 Å². The number of amides is 1. The number of thioether (sulfide) groups is 1. The summed E-state index contributed by atoms with van der Waals surface area (Å²) in [6.45, 7) is 0. The lowest BCUT2D eigenvalue weighted by Gasteiger charge is -2.27. The number of fused-ring (bicyclic) bond motifs is 2. The number of benzene rings is 1. The van der Waals surface area contributed by atoms with Crippen molar-refractivity contribution < 1.29 is 18.0 Å². The van der Waals surface area contributed by atoms with Crippen LogP contribution in [-0.2, 0) is 4.79 Å². The van der Waals surface area contributed by atoms with Gasteiger partial charge in [0.1, 0.15) is 0 Å². The van der Waals surface area contributed by atoms with Crippen LogP contribution < -0.4 is 11.1 Å². The normalized spacial score (nSPS) is 30.5. The van der Waals surface area contributed by atoms with Crippen molar-refractivity contribution in [3.05, 3.63) is 24.3 Å². The molecule has 0 spiro atoms. The largest absolute Gasteiger partial charge is 0.446 e. The highest BCUT2D eigenvalue weighted by Crippen LogP contribution is 2.48. The third-order valence-electron chi connectivity index (χ3n) is 4.62. The summed E-state index contributed by atoms with van der Waals surface area (Å²) in [5, 5.41) is 2.73. The first-order chi connectivity index (χ1) is 10.3. The molecule has 4 unspecified atom stereocenters. The van der Waals surface area contributed by atoms with E-state index >= 15 is 0 Å². The van der Waals surface area contributed by atoms with Crippen LogP contribution in [0.1, 0.15) is 19.3 Å². The lowest BCUT2D eigenvalue weighted by atomic mass is 9.84. The van der Waals surface area contributed by atoms with Gasteiger partial charge < -0.3 is 11.1 Å². The van der Waals surface area contributed by atoms with Gasteiger partial charge in [-0.25, -0.2) is 0 Å². The second kappa shape index (κ2) is 5.77. The fraction of sp³-hybridized carbons (Fsp3) is 0.533. The SMILES string of the molecule is NC1C2CCC(C2)C1C(=O)Nc1cccc(SC(F)(F)F)c1. The smallest absolute Gasteiger partial charge is 0.327 e. The predicted molar refractivity (Wildman–Crippen MR) is 79.3 cm³/mol. The van der Waals surface area contributed by atoms with E-state index in [1.54, 1.807) is 6.07 Å². The van der Waals surface area contributed by atoms with Gasteiger partial charge >= 0.3 is 5.51 Å². The Labute approximate surface area is 130 Å². The topological polar surface area (TPSA) is 55.1 Å². The monoisotopic (exact) mass is 330 g/mol. The zero-order chi connectivity index (χ0) is 15.9. The summed E-state index contributed by atoms with van der Waals surface area (Å²) in [5.41, 5.74) is 2.16. The molecule has 22 heavy (non-hydrogen) atoms. The van der Waals surface area contributed by atoms with Gasteiger partial charge in [0.05, 0.1) is 5.92 Å². The van der Waals surface area contributed by atoms with Crippen molar-refractivity contribution in [3.8, 4) is 0 Å². The summed E-state index contributed by atoms with van der Waals surface area (Å²) < 4.78 is 37.2. The van der Waals surface area contributed by atoms with Crippen LogP contribution in [0.3, 0.4) is 0 Å². The van der Waals surface area contributed by atoms with Gasteiger partial charge in [-0.2, -0.15) is 13.2 Å². The van der Waals surface area contributed by atoms with E-state index in [-0.39, 0.29) is 34.5 Å². The minimum absolute atomic E-state index is 0.0579. The number of anilines is 1. The fourth-order valence-corrected chi connectivity index (χ4v) is 4.32. The summed E-state index contributed by atoms with van der Waals surface area (Å²) in [6.07, 6.45) is 3.08. The number of alkyl halides is 3. The fourth-order valence-electron chi connectivity index (χ4n) is 3.72. The molecule has 0 aliphatic heterocycles. The Bertz CT molecular complexity index is 576. The molecule has 120 valence electrons. The number of carbonyl (C=O) groups excluding carboxylic acids is 1. The number of nitrogens with two attached hydrogens (primary N) is 1. The summed E-state index contributed by atoms with van der Waals surface area (Å²) in [4.78, 5) is 12.4. The summed E-state index contributed by atoms with van der Waals surface area (Å²) in [5.74, 6) is 0.326. The third-order valence-corrected chi connectivity index (χ3v) is 5.34. The summed E-state index contributed by atoms with van der Waals surface area (Å²) in [7, 11) is 0. The molecule has 2 fully saturated rings. The van der Waals surface area contributed by atoms with Crippen LogP contribution in [0, 0.1) is 17.8 Å². The quantitative estimate of drug-likeness (QED) is 0.833. The second-order valence-corrected chi connectivity index (χ2v) is 7.14. The minimum atomic E-state index is -4.34. The Morgan fingerprint density at radius 2 is 2.00 bits per heavy atom. The van der Waals surface area contributed by atoms with Gasteiger partial charge in [0.15, 0.2) is 0 Å². The molecule has 2 aliphatic carbocycles. The van der Waals surface area contributed by atoms with Gasteiger partial charge in [-0.3, -0.25) is 4.79 Å². The molecule has 2 bridgehead atoms. The van der Waals surface area contributed by atoms with Crippen LogP contribution in [0.15, 0.2) is 29.2 Å². The van der Waals surface area contributed by atoms with Gasteiger partial charge in [0.2, 0.25) is 5.91 Å². The van der Waals surface area contributed by atoms with Crippen LogP contribution in [0.2, 0.25) is 0 Å².